The van der Waals surface area contributed by atoms with Crippen molar-refractivity contribution in [1.29, 1.82) is 0 Å². The van der Waals surface area contributed by atoms with E-state index in [9.17, 15) is 9.59 Å². The molecule has 29 heavy (non-hydrogen) atoms. The summed E-state index contributed by atoms with van der Waals surface area (Å²) in [4.78, 5) is 31.1. The van der Waals surface area contributed by atoms with E-state index >= 15 is 0 Å². The second kappa shape index (κ2) is 9.62. The van der Waals surface area contributed by atoms with E-state index in [2.05, 4.69) is 25.8 Å². The van der Waals surface area contributed by atoms with Crippen LogP contribution in [0.15, 0.2) is 36.7 Å². The van der Waals surface area contributed by atoms with Gasteiger partial charge in [-0.3, -0.25) is 19.5 Å². The fraction of sp³-hybridized carbons (Fsp3) is 0.409. The molecule has 0 aliphatic carbocycles. The number of nitrogens with zero attached hydrogens (tertiary/aromatic N) is 2. The van der Waals surface area contributed by atoms with Crippen molar-refractivity contribution in [3.63, 3.8) is 0 Å². The number of hydrogen-bond donors (Lipinski definition) is 3. The summed E-state index contributed by atoms with van der Waals surface area (Å²) in [7, 11) is 0. The molecular weight excluding hydrogens is 366 g/mol. The van der Waals surface area contributed by atoms with E-state index in [0.29, 0.717) is 0 Å². The van der Waals surface area contributed by atoms with Crippen LogP contribution in [-0.4, -0.2) is 54.4 Å². The molecule has 154 valence electrons. The highest BCUT2D eigenvalue weighted by Crippen LogP contribution is 2.22. The highest BCUT2D eigenvalue weighted by Gasteiger charge is 2.25. The van der Waals surface area contributed by atoms with Crippen molar-refractivity contribution in [2.24, 2.45) is 0 Å². The first-order chi connectivity index (χ1) is 13.9. The van der Waals surface area contributed by atoms with Gasteiger partial charge in [0.25, 0.3) is 0 Å². The first-order valence-corrected chi connectivity index (χ1v) is 9.93. The van der Waals surface area contributed by atoms with Gasteiger partial charge in [0.15, 0.2) is 0 Å². The van der Waals surface area contributed by atoms with Crippen molar-refractivity contribution in [3.05, 3.63) is 58.9 Å². The highest BCUT2D eigenvalue weighted by atomic mass is 16.2. The Hall–Kier alpha value is -2.77. The van der Waals surface area contributed by atoms with Gasteiger partial charge < -0.3 is 16.0 Å². The molecular formula is C22H29N5O2. The van der Waals surface area contributed by atoms with E-state index in [-0.39, 0.29) is 30.9 Å². The Kier molecular flexibility index (Phi) is 6.95. The number of aromatic nitrogens is 1. The molecule has 0 bridgehead atoms. The van der Waals surface area contributed by atoms with Crippen LogP contribution >= 0.6 is 0 Å². The standard InChI is InChI=1S/C22H29N5O2/c1-15-9-16(2)22(17(3)10-15)26-20(28)13-25-21(29)14-27-8-7-24-12-19(27)18-5-4-6-23-11-18/h4-6,9-11,19,24H,7-8,12-14H2,1-3H3,(H,25,29)(H,26,28). The smallest absolute Gasteiger partial charge is 0.243 e. The number of piperazine rings is 1. The maximum absolute atomic E-state index is 12.5. The summed E-state index contributed by atoms with van der Waals surface area (Å²) >= 11 is 0. The van der Waals surface area contributed by atoms with E-state index in [1.54, 1.807) is 6.20 Å². The lowest BCUT2D eigenvalue weighted by molar-refractivity contribution is -0.125. The summed E-state index contributed by atoms with van der Waals surface area (Å²) < 4.78 is 0. The quantitative estimate of drug-likeness (QED) is 0.693. The Morgan fingerprint density at radius 3 is 2.66 bits per heavy atom. The number of rotatable bonds is 6. The van der Waals surface area contributed by atoms with Gasteiger partial charge in [-0.2, -0.15) is 0 Å². The Balaban J connectivity index is 1.53. The van der Waals surface area contributed by atoms with Crippen LogP contribution in [0.1, 0.15) is 28.3 Å². The molecule has 1 saturated heterocycles. The van der Waals surface area contributed by atoms with Crippen LogP contribution in [0.4, 0.5) is 5.69 Å². The second-order valence-corrected chi connectivity index (χ2v) is 7.58. The zero-order valence-electron chi connectivity index (χ0n) is 17.3. The van der Waals surface area contributed by atoms with Gasteiger partial charge in [-0.05, 0) is 43.5 Å². The molecule has 2 heterocycles. The Labute approximate surface area is 171 Å². The number of hydrogen-bond acceptors (Lipinski definition) is 5. The van der Waals surface area contributed by atoms with Crippen molar-refractivity contribution in [2.45, 2.75) is 26.8 Å². The van der Waals surface area contributed by atoms with E-state index in [1.165, 1.54) is 0 Å². The number of carbonyl (C=O) groups is 2. The molecule has 0 spiro atoms. The lowest BCUT2D eigenvalue weighted by Crippen LogP contribution is -2.50. The molecule has 7 heteroatoms. The lowest BCUT2D eigenvalue weighted by atomic mass is 10.1. The highest BCUT2D eigenvalue weighted by molar-refractivity contribution is 5.96. The van der Waals surface area contributed by atoms with Gasteiger partial charge in [-0.1, -0.05) is 23.8 Å². The zero-order chi connectivity index (χ0) is 20.8. The Morgan fingerprint density at radius 2 is 1.97 bits per heavy atom. The molecule has 1 aromatic heterocycles. The van der Waals surface area contributed by atoms with Crippen molar-refractivity contribution in [3.8, 4) is 0 Å². The minimum atomic E-state index is -0.225. The molecule has 3 rings (SSSR count). The molecule has 0 radical (unpaired) electrons. The predicted molar refractivity (Wildman–Crippen MR) is 114 cm³/mol. The van der Waals surface area contributed by atoms with E-state index in [1.807, 2.05) is 51.2 Å². The average molecular weight is 396 g/mol. The van der Waals surface area contributed by atoms with Crippen molar-refractivity contribution in [1.82, 2.24) is 20.5 Å². The van der Waals surface area contributed by atoms with Gasteiger partial charge in [0, 0.05) is 43.8 Å². The number of pyridine rings is 1. The summed E-state index contributed by atoms with van der Waals surface area (Å²) in [5.74, 6) is -0.384. The lowest BCUT2D eigenvalue weighted by Gasteiger charge is -2.35. The van der Waals surface area contributed by atoms with Gasteiger partial charge in [-0.25, -0.2) is 0 Å². The second-order valence-electron chi connectivity index (χ2n) is 7.58. The topological polar surface area (TPSA) is 86.4 Å². The molecule has 1 aromatic carbocycles. The van der Waals surface area contributed by atoms with Crippen LogP contribution in [0.3, 0.4) is 0 Å². The summed E-state index contributed by atoms with van der Waals surface area (Å²) in [5, 5.41) is 9.02. The molecule has 1 aliphatic rings. The average Bonchev–Trinajstić information content (AvgIpc) is 2.70. The van der Waals surface area contributed by atoms with Gasteiger partial charge in [0.05, 0.1) is 13.1 Å². The third-order valence-electron chi connectivity index (χ3n) is 5.16. The largest absolute Gasteiger partial charge is 0.346 e. The monoisotopic (exact) mass is 395 g/mol. The van der Waals surface area contributed by atoms with Gasteiger partial charge in [-0.15, -0.1) is 0 Å². The summed E-state index contributed by atoms with van der Waals surface area (Å²) in [5.41, 5.74) is 5.08. The molecule has 2 aromatic rings. The summed E-state index contributed by atoms with van der Waals surface area (Å²) in [6, 6.07) is 8.08. The third-order valence-corrected chi connectivity index (χ3v) is 5.16. The Bertz CT molecular complexity index is 846. The van der Waals surface area contributed by atoms with Crippen LogP contribution in [0.2, 0.25) is 0 Å². The maximum Gasteiger partial charge on any atom is 0.243 e. The molecule has 7 nitrogen and oxygen atoms in total. The van der Waals surface area contributed by atoms with Crippen LogP contribution in [-0.2, 0) is 9.59 Å². The van der Waals surface area contributed by atoms with Crippen molar-refractivity contribution >= 4 is 17.5 Å². The number of nitrogens with one attached hydrogen (secondary N) is 3. The van der Waals surface area contributed by atoms with E-state index < -0.39 is 0 Å². The van der Waals surface area contributed by atoms with Crippen molar-refractivity contribution < 1.29 is 9.59 Å². The minimum absolute atomic E-state index is 0.0464. The fourth-order valence-electron chi connectivity index (χ4n) is 3.82. The molecule has 1 aliphatic heterocycles. The molecule has 1 atom stereocenters. The van der Waals surface area contributed by atoms with Crippen LogP contribution in [0.25, 0.3) is 0 Å². The maximum atomic E-state index is 12.5. The zero-order valence-corrected chi connectivity index (χ0v) is 17.3. The molecule has 1 fully saturated rings. The first kappa shape index (κ1) is 21.0. The third kappa shape index (κ3) is 5.62. The van der Waals surface area contributed by atoms with E-state index in [4.69, 9.17) is 0 Å². The fourth-order valence-corrected chi connectivity index (χ4v) is 3.82. The van der Waals surface area contributed by atoms with E-state index in [0.717, 1.165) is 47.6 Å². The normalized spacial score (nSPS) is 17.0. The molecule has 2 amide bonds. The van der Waals surface area contributed by atoms with Crippen LogP contribution in [0.5, 0.6) is 0 Å². The number of amides is 2. The minimum Gasteiger partial charge on any atom is -0.346 e. The van der Waals surface area contributed by atoms with Gasteiger partial charge in [0.1, 0.15) is 0 Å². The SMILES string of the molecule is Cc1cc(C)c(NC(=O)CNC(=O)CN2CCNCC2c2cccnc2)c(C)c1. The number of aryl methyl sites for hydroxylation is 3. The molecule has 3 N–H and O–H groups in total. The van der Waals surface area contributed by atoms with Crippen LogP contribution < -0.4 is 16.0 Å². The molecule has 1 unspecified atom stereocenters. The first-order valence-electron chi connectivity index (χ1n) is 9.93. The number of carbonyl (C=O) groups excluding carboxylic acids is 2. The van der Waals surface area contributed by atoms with Gasteiger partial charge in [0.2, 0.25) is 11.8 Å². The number of benzene rings is 1. The van der Waals surface area contributed by atoms with Crippen molar-refractivity contribution in [2.75, 3.05) is 38.0 Å². The summed E-state index contributed by atoms with van der Waals surface area (Å²) in [6.45, 7) is 8.53. The predicted octanol–water partition coefficient (Wildman–Crippen LogP) is 1.71. The molecule has 0 saturated carbocycles. The van der Waals surface area contributed by atoms with Gasteiger partial charge >= 0.3 is 0 Å². The number of anilines is 1. The van der Waals surface area contributed by atoms with Crippen LogP contribution in [0, 0.1) is 20.8 Å². The Morgan fingerprint density at radius 1 is 1.21 bits per heavy atom. The summed E-state index contributed by atoms with van der Waals surface area (Å²) in [6.07, 6.45) is 3.58.